The Balaban J connectivity index is 1.91. The number of halogens is 1. The molecule has 0 unspecified atom stereocenters. The van der Waals surface area contributed by atoms with Crippen molar-refractivity contribution in [2.75, 3.05) is 12.4 Å². The topological polar surface area (TPSA) is 100 Å². The summed E-state index contributed by atoms with van der Waals surface area (Å²) in [7, 11) is -3.40. The third-order valence-electron chi connectivity index (χ3n) is 4.36. The van der Waals surface area contributed by atoms with Crippen molar-refractivity contribution in [3.63, 3.8) is 0 Å². The van der Waals surface area contributed by atoms with E-state index in [1.807, 2.05) is 25.1 Å². The molecular formula is C18H23BrN4O3S. The van der Waals surface area contributed by atoms with Gasteiger partial charge in [-0.1, -0.05) is 22.4 Å². The standard InChI is InChI=1S/C18H23BrN4O3S/c1-2-26-12-17-22-16-11-21-15-10-13(19)6-7-14(15)18(16)23(17)8-4-3-5-9-27(20,24)25/h6-7,10-11H,2-5,8-9,12H2,1H3,(H2,20,24,25). The summed E-state index contributed by atoms with van der Waals surface area (Å²) in [6.07, 6.45) is 3.96. The lowest BCUT2D eigenvalue weighted by Gasteiger charge is -2.11. The van der Waals surface area contributed by atoms with E-state index in [1.165, 1.54) is 0 Å². The number of pyridine rings is 1. The Kier molecular flexibility index (Phi) is 6.46. The van der Waals surface area contributed by atoms with E-state index in [9.17, 15) is 8.42 Å². The molecule has 0 aliphatic heterocycles. The van der Waals surface area contributed by atoms with E-state index in [0.29, 0.717) is 19.6 Å². The summed E-state index contributed by atoms with van der Waals surface area (Å²) < 4.78 is 30.9. The van der Waals surface area contributed by atoms with Gasteiger partial charge in [-0.2, -0.15) is 0 Å². The van der Waals surface area contributed by atoms with Crippen LogP contribution in [0.5, 0.6) is 0 Å². The molecule has 0 bridgehead atoms. The lowest BCUT2D eigenvalue weighted by atomic mass is 10.2. The molecule has 0 spiro atoms. The van der Waals surface area contributed by atoms with Crippen molar-refractivity contribution < 1.29 is 13.2 Å². The van der Waals surface area contributed by atoms with Gasteiger partial charge in [-0.25, -0.2) is 18.5 Å². The number of unbranched alkanes of at least 4 members (excludes halogenated alkanes) is 2. The lowest BCUT2D eigenvalue weighted by molar-refractivity contribution is 0.126. The van der Waals surface area contributed by atoms with Gasteiger partial charge in [0.05, 0.1) is 23.0 Å². The molecule has 0 fully saturated rings. The number of sulfonamides is 1. The van der Waals surface area contributed by atoms with Crippen LogP contribution in [-0.4, -0.2) is 35.3 Å². The highest BCUT2D eigenvalue weighted by Crippen LogP contribution is 2.27. The highest BCUT2D eigenvalue weighted by Gasteiger charge is 2.14. The Hall–Kier alpha value is -1.55. The van der Waals surface area contributed by atoms with E-state index in [4.69, 9.17) is 14.9 Å². The summed E-state index contributed by atoms with van der Waals surface area (Å²) in [5.74, 6) is 0.875. The number of hydrogen-bond acceptors (Lipinski definition) is 5. The van der Waals surface area contributed by atoms with E-state index in [-0.39, 0.29) is 5.75 Å². The minimum absolute atomic E-state index is 0.0182. The number of aryl methyl sites for hydroxylation is 1. The van der Waals surface area contributed by atoms with Crippen LogP contribution in [0.3, 0.4) is 0 Å². The zero-order valence-corrected chi connectivity index (χ0v) is 17.6. The normalized spacial score (nSPS) is 12.3. The van der Waals surface area contributed by atoms with Gasteiger partial charge in [-0.05, 0) is 38.0 Å². The first-order valence-corrected chi connectivity index (χ1v) is 11.4. The smallest absolute Gasteiger partial charge is 0.209 e. The van der Waals surface area contributed by atoms with Gasteiger partial charge in [0.25, 0.3) is 0 Å². The maximum absolute atomic E-state index is 11.1. The molecule has 2 N–H and O–H groups in total. The van der Waals surface area contributed by atoms with Crippen molar-refractivity contribution in [2.45, 2.75) is 39.3 Å². The molecule has 1 aromatic carbocycles. The van der Waals surface area contributed by atoms with Crippen molar-refractivity contribution >= 4 is 47.9 Å². The molecule has 0 atom stereocenters. The quantitative estimate of drug-likeness (QED) is 0.499. The average molecular weight is 455 g/mol. The summed E-state index contributed by atoms with van der Waals surface area (Å²) in [5, 5.41) is 6.11. The van der Waals surface area contributed by atoms with Crippen LogP contribution in [0.1, 0.15) is 32.0 Å². The minimum Gasteiger partial charge on any atom is -0.374 e. The first-order valence-electron chi connectivity index (χ1n) is 8.90. The van der Waals surface area contributed by atoms with Gasteiger partial charge in [0, 0.05) is 23.0 Å². The van der Waals surface area contributed by atoms with Crippen molar-refractivity contribution in [1.29, 1.82) is 0 Å². The molecular weight excluding hydrogens is 432 g/mol. The summed E-state index contributed by atoms with van der Waals surface area (Å²) in [6, 6.07) is 6.02. The van der Waals surface area contributed by atoms with Crippen LogP contribution >= 0.6 is 15.9 Å². The number of nitrogens with two attached hydrogens (primary N) is 1. The van der Waals surface area contributed by atoms with Crippen molar-refractivity contribution in [1.82, 2.24) is 14.5 Å². The first-order chi connectivity index (χ1) is 12.9. The summed E-state index contributed by atoms with van der Waals surface area (Å²) in [5.41, 5.74) is 2.77. The summed E-state index contributed by atoms with van der Waals surface area (Å²) in [6.45, 7) is 3.73. The Morgan fingerprint density at radius 3 is 2.78 bits per heavy atom. The van der Waals surface area contributed by atoms with Crippen LogP contribution in [0.15, 0.2) is 28.9 Å². The zero-order valence-electron chi connectivity index (χ0n) is 15.2. The number of nitrogens with zero attached hydrogens (tertiary/aromatic N) is 3. The number of primary sulfonamides is 1. The van der Waals surface area contributed by atoms with Crippen molar-refractivity contribution in [3.8, 4) is 0 Å². The molecule has 7 nitrogen and oxygen atoms in total. The van der Waals surface area contributed by atoms with E-state index >= 15 is 0 Å². The number of ether oxygens (including phenoxy) is 1. The van der Waals surface area contributed by atoms with Crippen LogP contribution in [0.2, 0.25) is 0 Å². The second-order valence-corrected chi connectivity index (χ2v) is 9.05. The number of fused-ring (bicyclic) bond motifs is 3. The van der Waals surface area contributed by atoms with Crippen LogP contribution in [0.4, 0.5) is 0 Å². The van der Waals surface area contributed by atoms with E-state index in [2.05, 4.69) is 25.5 Å². The molecule has 3 aromatic rings. The SMILES string of the molecule is CCOCc1nc2cnc3cc(Br)ccc3c2n1CCCCCS(N)(=O)=O. The van der Waals surface area contributed by atoms with Crippen molar-refractivity contribution in [2.24, 2.45) is 5.14 Å². The number of imidazole rings is 1. The highest BCUT2D eigenvalue weighted by atomic mass is 79.9. The molecule has 2 heterocycles. The summed E-state index contributed by atoms with van der Waals surface area (Å²) in [4.78, 5) is 9.22. The van der Waals surface area contributed by atoms with Gasteiger partial charge in [0.1, 0.15) is 17.9 Å². The molecule has 0 amide bonds. The molecule has 0 saturated carbocycles. The second-order valence-electron chi connectivity index (χ2n) is 6.40. The molecule has 9 heteroatoms. The van der Waals surface area contributed by atoms with E-state index in [1.54, 1.807) is 6.20 Å². The maximum Gasteiger partial charge on any atom is 0.209 e. The van der Waals surface area contributed by atoms with Crippen LogP contribution in [0.25, 0.3) is 21.9 Å². The number of hydrogen-bond donors (Lipinski definition) is 1. The van der Waals surface area contributed by atoms with Crippen LogP contribution < -0.4 is 5.14 Å². The van der Waals surface area contributed by atoms with Gasteiger partial charge in [0.15, 0.2) is 0 Å². The van der Waals surface area contributed by atoms with Gasteiger partial charge in [-0.3, -0.25) is 4.98 Å². The molecule has 3 rings (SSSR count). The number of benzene rings is 1. The zero-order chi connectivity index (χ0) is 19.4. The second kappa shape index (κ2) is 8.64. The number of aromatic nitrogens is 3. The molecule has 0 saturated heterocycles. The number of rotatable bonds is 9. The summed E-state index contributed by atoms with van der Waals surface area (Å²) >= 11 is 3.49. The fourth-order valence-corrected chi connectivity index (χ4v) is 4.09. The third kappa shape index (κ3) is 5.04. The van der Waals surface area contributed by atoms with E-state index in [0.717, 1.165) is 51.6 Å². The monoisotopic (exact) mass is 454 g/mol. The lowest BCUT2D eigenvalue weighted by Crippen LogP contribution is -2.16. The Bertz CT molecular complexity index is 1050. The largest absolute Gasteiger partial charge is 0.374 e. The molecule has 146 valence electrons. The molecule has 27 heavy (non-hydrogen) atoms. The fraction of sp³-hybridized carbons (Fsp3) is 0.444. The van der Waals surface area contributed by atoms with Crippen LogP contribution in [0, 0.1) is 0 Å². The average Bonchev–Trinajstić information content (AvgIpc) is 2.96. The molecule has 2 aromatic heterocycles. The fourth-order valence-electron chi connectivity index (χ4n) is 3.13. The van der Waals surface area contributed by atoms with Gasteiger partial charge in [0.2, 0.25) is 10.0 Å². The van der Waals surface area contributed by atoms with Gasteiger partial charge in [-0.15, -0.1) is 0 Å². The maximum atomic E-state index is 11.1. The Morgan fingerprint density at radius 2 is 2.04 bits per heavy atom. The van der Waals surface area contributed by atoms with Crippen molar-refractivity contribution in [3.05, 3.63) is 34.7 Å². The highest BCUT2D eigenvalue weighted by molar-refractivity contribution is 9.10. The predicted octanol–water partition coefficient (Wildman–Crippen LogP) is 3.34. The molecule has 0 aliphatic carbocycles. The Morgan fingerprint density at radius 1 is 1.22 bits per heavy atom. The predicted molar refractivity (Wildman–Crippen MR) is 110 cm³/mol. The Labute approximate surface area is 167 Å². The first kappa shape index (κ1) is 20.2. The molecule has 0 radical (unpaired) electrons. The van der Waals surface area contributed by atoms with Gasteiger partial charge < -0.3 is 9.30 Å². The van der Waals surface area contributed by atoms with E-state index < -0.39 is 10.0 Å². The molecule has 0 aliphatic rings. The third-order valence-corrected chi connectivity index (χ3v) is 5.71. The van der Waals surface area contributed by atoms with Gasteiger partial charge >= 0.3 is 0 Å². The van der Waals surface area contributed by atoms with Crippen LogP contribution in [-0.2, 0) is 27.9 Å². The minimum atomic E-state index is -3.40.